The normalized spacial score (nSPS) is 26.5. The van der Waals surface area contributed by atoms with Gasteiger partial charge in [0.05, 0.1) is 0 Å². The molecule has 0 fully saturated rings. The van der Waals surface area contributed by atoms with Crippen LogP contribution in [-0.4, -0.2) is 6.04 Å². The van der Waals surface area contributed by atoms with Crippen molar-refractivity contribution in [1.82, 2.24) is 0 Å². The van der Waals surface area contributed by atoms with E-state index in [1.807, 2.05) is 30.4 Å². The molecule has 1 nitrogen and oxygen atoms in total. The van der Waals surface area contributed by atoms with Crippen molar-refractivity contribution >= 4 is 0 Å². The molecule has 0 aromatic heterocycles. The third-order valence-corrected chi connectivity index (χ3v) is 2.05. The van der Waals surface area contributed by atoms with Gasteiger partial charge in [0, 0.05) is 12.0 Å². The fourth-order valence-electron chi connectivity index (χ4n) is 1.30. The Morgan fingerprint density at radius 1 is 1.31 bits per heavy atom. The van der Waals surface area contributed by atoms with Gasteiger partial charge in [-0.15, -0.1) is 0 Å². The molecule has 68 valence electrons. The summed E-state index contributed by atoms with van der Waals surface area (Å²) in [7, 11) is 0. The van der Waals surface area contributed by atoms with E-state index in [9.17, 15) is 0 Å². The molecule has 13 heavy (non-hydrogen) atoms. The van der Waals surface area contributed by atoms with E-state index in [1.54, 1.807) is 6.08 Å². The lowest BCUT2D eigenvalue weighted by atomic mass is 9.89. The van der Waals surface area contributed by atoms with E-state index in [0.717, 1.165) is 5.57 Å². The van der Waals surface area contributed by atoms with Crippen LogP contribution < -0.4 is 5.73 Å². The Kier molecular flexibility index (Phi) is 3.47. The van der Waals surface area contributed by atoms with E-state index < -0.39 is 0 Å². The second-order valence-electron chi connectivity index (χ2n) is 3.04. The third-order valence-electron chi connectivity index (χ3n) is 2.05. The molecule has 0 saturated heterocycles. The van der Waals surface area contributed by atoms with E-state index in [0.29, 0.717) is 0 Å². The van der Waals surface area contributed by atoms with Crippen molar-refractivity contribution in [3.8, 4) is 0 Å². The molecule has 0 aliphatic heterocycles. The second kappa shape index (κ2) is 4.63. The minimum Gasteiger partial charge on any atom is -0.324 e. The number of hydrogen-bond acceptors (Lipinski definition) is 1. The lowest BCUT2D eigenvalue weighted by molar-refractivity contribution is 0.664. The van der Waals surface area contributed by atoms with Gasteiger partial charge in [-0.1, -0.05) is 55.7 Å². The van der Waals surface area contributed by atoms with Gasteiger partial charge in [-0.3, -0.25) is 0 Å². The van der Waals surface area contributed by atoms with Crippen LogP contribution in [0.2, 0.25) is 0 Å². The van der Waals surface area contributed by atoms with Crippen molar-refractivity contribution in [2.45, 2.75) is 6.04 Å². The molecule has 0 aromatic rings. The lowest BCUT2D eigenvalue weighted by Gasteiger charge is -2.20. The van der Waals surface area contributed by atoms with Crippen LogP contribution in [0.25, 0.3) is 0 Å². The number of allylic oxidation sites excluding steroid dienone is 5. The zero-order valence-corrected chi connectivity index (χ0v) is 7.69. The van der Waals surface area contributed by atoms with Crippen LogP contribution in [0.1, 0.15) is 0 Å². The van der Waals surface area contributed by atoms with Gasteiger partial charge in [-0.05, 0) is 5.57 Å². The SMILES string of the molecule is C=C/C=C\C(=C)C1C=CC=CC1N. The molecule has 0 spiro atoms. The van der Waals surface area contributed by atoms with Gasteiger partial charge in [-0.2, -0.15) is 0 Å². The van der Waals surface area contributed by atoms with Crippen molar-refractivity contribution in [3.05, 3.63) is 61.3 Å². The highest BCUT2D eigenvalue weighted by Crippen LogP contribution is 2.19. The summed E-state index contributed by atoms with van der Waals surface area (Å²) in [6.07, 6.45) is 13.6. The van der Waals surface area contributed by atoms with Crippen molar-refractivity contribution in [2.75, 3.05) is 0 Å². The molecule has 0 aromatic carbocycles. The smallest absolute Gasteiger partial charge is 0.0331 e. The van der Waals surface area contributed by atoms with E-state index in [1.165, 1.54) is 0 Å². The summed E-state index contributed by atoms with van der Waals surface area (Å²) < 4.78 is 0. The fraction of sp³-hybridized carbons (Fsp3) is 0.167. The van der Waals surface area contributed by atoms with Crippen LogP contribution in [-0.2, 0) is 0 Å². The average Bonchev–Trinajstić information content (AvgIpc) is 2.15. The number of hydrogen-bond donors (Lipinski definition) is 1. The van der Waals surface area contributed by atoms with Gasteiger partial charge >= 0.3 is 0 Å². The Bertz CT molecular complexity index is 281. The summed E-state index contributed by atoms with van der Waals surface area (Å²) in [5.74, 6) is 0.223. The fourth-order valence-corrected chi connectivity index (χ4v) is 1.30. The lowest BCUT2D eigenvalue weighted by Crippen LogP contribution is -2.28. The van der Waals surface area contributed by atoms with Crippen LogP contribution >= 0.6 is 0 Å². The van der Waals surface area contributed by atoms with Crippen LogP contribution in [0.3, 0.4) is 0 Å². The van der Waals surface area contributed by atoms with Gasteiger partial charge < -0.3 is 5.73 Å². The minimum absolute atomic E-state index is 0.0481. The highest BCUT2D eigenvalue weighted by Gasteiger charge is 2.15. The summed E-state index contributed by atoms with van der Waals surface area (Å²) in [6, 6.07) is 0.0481. The predicted octanol–water partition coefficient (Wildman–Crippen LogP) is 2.35. The summed E-state index contributed by atoms with van der Waals surface area (Å²) in [5, 5.41) is 0. The summed E-state index contributed by atoms with van der Waals surface area (Å²) >= 11 is 0. The summed E-state index contributed by atoms with van der Waals surface area (Å²) in [5.41, 5.74) is 6.91. The molecule has 1 aliphatic carbocycles. The molecule has 0 bridgehead atoms. The maximum atomic E-state index is 5.89. The van der Waals surface area contributed by atoms with Crippen LogP contribution in [0, 0.1) is 5.92 Å². The Morgan fingerprint density at radius 2 is 2.00 bits per heavy atom. The average molecular weight is 173 g/mol. The molecule has 1 rings (SSSR count). The van der Waals surface area contributed by atoms with Gasteiger partial charge in [-0.25, -0.2) is 0 Å². The highest BCUT2D eigenvalue weighted by molar-refractivity contribution is 5.31. The second-order valence-corrected chi connectivity index (χ2v) is 3.04. The summed E-state index contributed by atoms with van der Waals surface area (Å²) in [4.78, 5) is 0. The van der Waals surface area contributed by atoms with E-state index in [-0.39, 0.29) is 12.0 Å². The predicted molar refractivity (Wildman–Crippen MR) is 58.2 cm³/mol. The van der Waals surface area contributed by atoms with Gasteiger partial charge in [0.1, 0.15) is 0 Å². The van der Waals surface area contributed by atoms with E-state index in [4.69, 9.17) is 5.73 Å². The zero-order valence-electron chi connectivity index (χ0n) is 7.69. The van der Waals surface area contributed by atoms with E-state index in [2.05, 4.69) is 19.2 Å². The molecule has 0 heterocycles. The van der Waals surface area contributed by atoms with Crippen molar-refractivity contribution in [1.29, 1.82) is 0 Å². The molecular weight excluding hydrogens is 158 g/mol. The van der Waals surface area contributed by atoms with Crippen LogP contribution in [0.4, 0.5) is 0 Å². The standard InChI is InChI=1S/C12H15N/c1-3-4-7-10(2)11-8-5-6-9-12(11)13/h3-9,11-12H,1-2,13H2/b7-4-. The highest BCUT2D eigenvalue weighted by atomic mass is 14.6. The monoisotopic (exact) mass is 173 g/mol. The summed E-state index contributed by atoms with van der Waals surface area (Å²) in [6.45, 7) is 7.57. The zero-order chi connectivity index (χ0) is 9.68. The molecular formula is C12H15N. The maximum absolute atomic E-state index is 5.89. The van der Waals surface area contributed by atoms with Crippen LogP contribution in [0.15, 0.2) is 61.3 Å². The van der Waals surface area contributed by atoms with E-state index >= 15 is 0 Å². The molecule has 0 amide bonds. The first-order valence-electron chi connectivity index (χ1n) is 4.34. The quantitative estimate of drug-likeness (QED) is 0.651. The van der Waals surface area contributed by atoms with Gasteiger partial charge in [0.2, 0.25) is 0 Å². The van der Waals surface area contributed by atoms with Gasteiger partial charge in [0.15, 0.2) is 0 Å². The van der Waals surface area contributed by atoms with Gasteiger partial charge in [0.25, 0.3) is 0 Å². The van der Waals surface area contributed by atoms with Crippen molar-refractivity contribution in [2.24, 2.45) is 11.7 Å². The molecule has 2 N–H and O–H groups in total. The first kappa shape index (κ1) is 9.75. The molecule has 1 heteroatoms. The molecule has 2 unspecified atom stereocenters. The molecule has 2 atom stereocenters. The largest absolute Gasteiger partial charge is 0.324 e. The Labute approximate surface area is 79.6 Å². The van der Waals surface area contributed by atoms with Crippen molar-refractivity contribution < 1.29 is 0 Å². The molecule has 0 saturated carbocycles. The van der Waals surface area contributed by atoms with Crippen molar-refractivity contribution in [3.63, 3.8) is 0 Å². The Morgan fingerprint density at radius 3 is 2.62 bits per heavy atom. The Hall–Kier alpha value is -1.34. The first-order chi connectivity index (χ1) is 6.25. The number of rotatable bonds is 3. The van der Waals surface area contributed by atoms with Crippen LogP contribution in [0.5, 0.6) is 0 Å². The first-order valence-corrected chi connectivity index (χ1v) is 4.34. The topological polar surface area (TPSA) is 26.0 Å². The third kappa shape index (κ3) is 2.56. The molecule has 1 aliphatic rings. The molecule has 0 radical (unpaired) electrons. The minimum atomic E-state index is 0.0481. The maximum Gasteiger partial charge on any atom is 0.0331 e. The Balaban J connectivity index is 2.66. The number of nitrogens with two attached hydrogens (primary N) is 1.